The van der Waals surface area contributed by atoms with Crippen LogP contribution in [0.1, 0.15) is 56.4 Å². The zero-order valence-electron chi connectivity index (χ0n) is 11.6. The number of carbonyl (C=O) groups is 1. The van der Waals surface area contributed by atoms with E-state index in [0.29, 0.717) is 17.3 Å². The number of anilines is 1. The lowest BCUT2D eigenvalue weighted by Crippen LogP contribution is -2.28. The van der Waals surface area contributed by atoms with Gasteiger partial charge in [0.25, 0.3) is 6.01 Å². The number of aromatic carboxylic acids is 1. The number of carboxylic acids is 1. The lowest BCUT2D eigenvalue weighted by atomic mass is 9.78. The highest BCUT2D eigenvalue weighted by Gasteiger charge is 2.34. The zero-order chi connectivity index (χ0) is 13.9. The molecule has 106 valence electrons. The van der Waals surface area contributed by atoms with Gasteiger partial charge in [-0.1, -0.05) is 26.7 Å². The highest BCUT2D eigenvalue weighted by molar-refractivity contribution is 5.85. The van der Waals surface area contributed by atoms with Gasteiger partial charge in [0, 0.05) is 6.54 Å². The van der Waals surface area contributed by atoms with Crippen LogP contribution in [0.15, 0.2) is 10.7 Å². The van der Waals surface area contributed by atoms with E-state index in [-0.39, 0.29) is 5.69 Å². The average Bonchev–Trinajstić information content (AvgIpc) is 2.94. The Morgan fingerprint density at radius 2 is 2.21 bits per heavy atom. The van der Waals surface area contributed by atoms with E-state index in [2.05, 4.69) is 24.1 Å². The molecule has 0 spiro atoms. The SMILES string of the molecule is CC(C)CC1(CNc2nc(C(=O)O)co2)CCCC1. The average molecular weight is 266 g/mol. The minimum absolute atomic E-state index is 0.0492. The summed E-state index contributed by atoms with van der Waals surface area (Å²) in [6.07, 6.45) is 7.37. The maximum absolute atomic E-state index is 10.7. The van der Waals surface area contributed by atoms with Gasteiger partial charge in [-0.25, -0.2) is 4.79 Å². The molecule has 2 rings (SSSR count). The number of carboxylic acid groups (broad SMARTS) is 1. The van der Waals surface area contributed by atoms with Gasteiger partial charge < -0.3 is 14.8 Å². The summed E-state index contributed by atoms with van der Waals surface area (Å²) in [5.41, 5.74) is 0.262. The van der Waals surface area contributed by atoms with Crippen LogP contribution in [0, 0.1) is 11.3 Å². The first-order chi connectivity index (χ1) is 9.01. The lowest BCUT2D eigenvalue weighted by Gasteiger charge is -2.30. The number of nitrogens with zero attached hydrogens (tertiary/aromatic N) is 1. The van der Waals surface area contributed by atoms with Gasteiger partial charge in [-0.3, -0.25) is 0 Å². The summed E-state index contributed by atoms with van der Waals surface area (Å²) in [5, 5.41) is 12.0. The fraction of sp³-hybridized carbons (Fsp3) is 0.714. The monoisotopic (exact) mass is 266 g/mol. The van der Waals surface area contributed by atoms with Crippen LogP contribution in [0.25, 0.3) is 0 Å². The van der Waals surface area contributed by atoms with Crippen molar-refractivity contribution in [2.24, 2.45) is 11.3 Å². The van der Waals surface area contributed by atoms with E-state index < -0.39 is 5.97 Å². The largest absolute Gasteiger partial charge is 0.476 e. The van der Waals surface area contributed by atoms with E-state index in [4.69, 9.17) is 9.52 Å². The summed E-state index contributed by atoms with van der Waals surface area (Å²) >= 11 is 0. The molecule has 0 atom stereocenters. The molecule has 0 saturated heterocycles. The minimum atomic E-state index is -1.06. The highest BCUT2D eigenvalue weighted by Crippen LogP contribution is 2.43. The minimum Gasteiger partial charge on any atom is -0.476 e. The van der Waals surface area contributed by atoms with E-state index in [0.717, 1.165) is 6.54 Å². The summed E-state index contributed by atoms with van der Waals surface area (Å²) in [7, 11) is 0. The lowest BCUT2D eigenvalue weighted by molar-refractivity contribution is 0.0690. The molecular formula is C14H22N2O3. The summed E-state index contributed by atoms with van der Waals surface area (Å²) in [6.45, 7) is 5.30. The molecule has 2 N–H and O–H groups in total. The van der Waals surface area contributed by atoms with Crippen LogP contribution in [-0.4, -0.2) is 22.6 Å². The summed E-state index contributed by atoms with van der Waals surface area (Å²) in [4.78, 5) is 14.6. The second-order valence-corrected chi connectivity index (χ2v) is 6.00. The third-order valence-corrected chi connectivity index (χ3v) is 3.84. The highest BCUT2D eigenvalue weighted by atomic mass is 16.4. The van der Waals surface area contributed by atoms with Crippen molar-refractivity contribution < 1.29 is 14.3 Å². The summed E-state index contributed by atoms with van der Waals surface area (Å²) < 4.78 is 5.13. The molecule has 0 unspecified atom stereocenters. The van der Waals surface area contributed by atoms with Gasteiger partial charge in [0.15, 0.2) is 5.69 Å². The van der Waals surface area contributed by atoms with E-state index in [1.165, 1.54) is 38.4 Å². The second kappa shape index (κ2) is 5.63. The first-order valence-electron chi connectivity index (χ1n) is 6.93. The van der Waals surface area contributed by atoms with Gasteiger partial charge in [0.2, 0.25) is 0 Å². The van der Waals surface area contributed by atoms with Gasteiger partial charge in [-0.15, -0.1) is 0 Å². The molecule has 5 heteroatoms. The molecule has 0 radical (unpaired) electrons. The molecule has 0 bridgehead atoms. The van der Waals surface area contributed by atoms with Gasteiger partial charge in [-0.2, -0.15) is 4.98 Å². The number of aromatic nitrogens is 1. The van der Waals surface area contributed by atoms with E-state index >= 15 is 0 Å². The van der Waals surface area contributed by atoms with Crippen LogP contribution in [0.4, 0.5) is 6.01 Å². The maximum atomic E-state index is 10.7. The maximum Gasteiger partial charge on any atom is 0.357 e. The molecule has 1 aromatic rings. The van der Waals surface area contributed by atoms with Gasteiger partial charge in [0.1, 0.15) is 6.26 Å². The smallest absolute Gasteiger partial charge is 0.357 e. The van der Waals surface area contributed by atoms with E-state index in [9.17, 15) is 4.79 Å². The van der Waals surface area contributed by atoms with Crippen LogP contribution < -0.4 is 5.32 Å². The predicted octanol–water partition coefficient (Wildman–Crippen LogP) is 3.39. The van der Waals surface area contributed by atoms with Crippen molar-refractivity contribution in [2.75, 3.05) is 11.9 Å². The first-order valence-corrected chi connectivity index (χ1v) is 6.93. The van der Waals surface area contributed by atoms with Crippen molar-refractivity contribution in [1.29, 1.82) is 0 Å². The Morgan fingerprint density at radius 1 is 1.53 bits per heavy atom. The number of oxazole rings is 1. The molecule has 5 nitrogen and oxygen atoms in total. The Kier molecular flexibility index (Phi) is 4.12. The predicted molar refractivity (Wildman–Crippen MR) is 72.3 cm³/mol. The quantitative estimate of drug-likeness (QED) is 0.825. The van der Waals surface area contributed by atoms with Crippen molar-refractivity contribution in [3.63, 3.8) is 0 Å². The van der Waals surface area contributed by atoms with Crippen LogP contribution >= 0.6 is 0 Å². The molecule has 1 aliphatic carbocycles. The molecule has 19 heavy (non-hydrogen) atoms. The second-order valence-electron chi connectivity index (χ2n) is 6.00. The Balaban J connectivity index is 1.96. The standard InChI is InChI=1S/C14H22N2O3/c1-10(2)7-14(5-3-4-6-14)9-15-13-16-11(8-19-13)12(17)18/h8,10H,3-7,9H2,1-2H3,(H,15,16)(H,17,18). The van der Waals surface area contributed by atoms with Crippen LogP contribution in [0.2, 0.25) is 0 Å². The fourth-order valence-electron chi connectivity index (χ4n) is 3.16. The molecule has 1 aromatic heterocycles. The van der Waals surface area contributed by atoms with Gasteiger partial charge in [-0.05, 0) is 30.6 Å². The molecular weight excluding hydrogens is 244 g/mol. The van der Waals surface area contributed by atoms with E-state index in [1.807, 2.05) is 0 Å². The molecule has 1 heterocycles. The zero-order valence-corrected chi connectivity index (χ0v) is 11.6. The third kappa shape index (κ3) is 3.49. The third-order valence-electron chi connectivity index (χ3n) is 3.84. The Morgan fingerprint density at radius 3 is 2.74 bits per heavy atom. The van der Waals surface area contributed by atoms with E-state index in [1.54, 1.807) is 0 Å². The van der Waals surface area contributed by atoms with Gasteiger partial charge in [0.05, 0.1) is 0 Å². The Hall–Kier alpha value is -1.52. The molecule has 1 fully saturated rings. The Bertz CT molecular complexity index is 434. The molecule has 1 saturated carbocycles. The normalized spacial score (nSPS) is 17.8. The molecule has 0 aliphatic heterocycles. The molecule has 0 amide bonds. The van der Waals surface area contributed by atoms with Crippen molar-refractivity contribution in [3.05, 3.63) is 12.0 Å². The van der Waals surface area contributed by atoms with Crippen molar-refractivity contribution >= 4 is 12.0 Å². The van der Waals surface area contributed by atoms with Crippen molar-refractivity contribution in [3.8, 4) is 0 Å². The molecule has 0 aromatic carbocycles. The fourth-order valence-corrected chi connectivity index (χ4v) is 3.16. The first kappa shape index (κ1) is 13.9. The molecule has 1 aliphatic rings. The van der Waals surface area contributed by atoms with Crippen molar-refractivity contribution in [2.45, 2.75) is 46.0 Å². The van der Waals surface area contributed by atoms with Crippen LogP contribution in [0.3, 0.4) is 0 Å². The summed E-state index contributed by atoms with van der Waals surface area (Å²) in [5.74, 6) is -0.395. The van der Waals surface area contributed by atoms with Crippen LogP contribution in [0.5, 0.6) is 0 Å². The van der Waals surface area contributed by atoms with Gasteiger partial charge >= 0.3 is 5.97 Å². The topological polar surface area (TPSA) is 75.4 Å². The van der Waals surface area contributed by atoms with Crippen molar-refractivity contribution in [1.82, 2.24) is 4.98 Å². The number of nitrogens with one attached hydrogen (secondary N) is 1. The Labute approximate surface area is 113 Å². The number of rotatable bonds is 6. The number of hydrogen-bond donors (Lipinski definition) is 2. The number of hydrogen-bond acceptors (Lipinski definition) is 4. The summed E-state index contributed by atoms with van der Waals surface area (Å²) in [6, 6.07) is 0.312. The van der Waals surface area contributed by atoms with Crippen LogP contribution in [-0.2, 0) is 0 Å².